The summed E-state index contributed by atoms with van der Waals surface area (Å²) in [5, 5.41) is 0. The summed E-state index contributed by atoms with van der Waals surface area (Å²) in [6.07, 6.45) is 3.31. The minimum atomic E-state index is 0.0288. The van der Waals surface area contributed by atoms with Crippen LogP contribution in [0.1, 0.15) is 40.0 Å². The van der Waals surface area contributed by atoms with E-state index < -0.39 is 0 Å². The molecular formula is C16H25N3O. The number of nitrogen functional groups attached to an aromatic ring is 1. The Morgan fingerprint density at radius 1 is 1.30 bits per heavy atom. The number of nitrogens with zero attached hydrogens (tertiary/aromatic N) is 2. The number of amidine groups is 1. The van der Waals surface area contributed by atoms with E-state index in [1.165, 1.54) is 12.8 Å². The molecule has 0 aromatic heterocycles. The fourth-order valence-electron chi connectivity index (χ4n) is 2.44. The number of rotatable bonds is 5. The van der Waals surface area contributed by atoms with E-state index in [0.717, 1.165) is 42.5 Å². The first-order valence-electron chi connectivity index (χ1n) is 7.59. The van der Waals surface area contributed by atoms with Gasteiger partial charge in [0, 0.05) is 24.8 Å². The number of unbranched alkanes of at least 4 members (excludes halogenated alkanes) is 1. The van der Waals surface area contributed by atoms with E-state index in [9.17, 15) is 0 Å². The molecule has 0 fully saturated rings. The molecule has 4 heteroatoms. The van der Waals surface area contributed by atoms with Crippen molar-refractivity contribution in [1.82, 2.24) is 4.90 Å². The van der Waals surface area contributed by atoms with E-state index in [4.69, 9.17) is 15.5 Å². The topological polar surface area (TPSA) is 50.8 Å². The lowest BCUT2D eigenvalue weighted by atomic mass is 10.1. The van der Waals surface area contributed by atoms with Crippen molar-refractivity contribution in [2.75, 3.05) is 18.8 Å². The second-order valence-corrected chi connectivity index (χ2v) is 5.15. The normalized spacial score (nSPS) is 17.1. The Morgan fingerprint density at radius 3 is 2.75 bits per heavy atom. The summed E-state index contributed by atoms with van der Waals surface area (Å²) in [5.74, 6) is 1.85. The van der Waals surface area contributed by atoms with Crippen LogP contribution in [-0.2, 0) is 0 Å². The molecule has 0 saturated carbocycles. The summed E-state index contributed by atoms with van der Waals surface area (Å²) < 4.78 is 6.08. The van der Waals surface area contributed by atoms with Crippen LogP contribution < -0.4 is 10.5 Å². The van der Waals surface area contributed by atoms with Crippen molar-refractivity contribution < 1.29 is 4.74 Å². The molecule has 20 heavy (non-hydrogen) atoms. The van der Waals surface area contributed by atoms with Crippen molar-refractivity contribution in [3.05, 3.63) is 18.2 Å². The van der Waals surface area contributed by atoms with Crippen LogP contribution in [0, 0.1) is 0 Å². The SMILES string of the molecule is CCCCN(CC)C1=Nc2ccc(N)cc2OC1CC. The molecule has 2 N–H and O–H groups in total. The molecule has 1 aliphatic heterocycles. The first-order chi connectivity index (χ1) is 9.69. The number of likely N-dealkylation sites (N-methyl/N-ethyl adjacent to an activating group) is 1. The van der Waals surface area contributed by atoms with Crippen LogP contribution in [0.15, 0.2) is 23.2 Å². The lowest BCUT2D eigenvalue weighted by Crippen LogP contribution is -2.43. The van der Waals surface area contributed by atoms with Gasteiger partial charge in [0.2, 0.25) is 0 Å². The predicted molar refractivity (Wildman–Crippen MR) is 84.8 cm³/mol. The number of aliphatic imine (C=N–C) groups is 1. The fourth-order valence-corrected chi connectivity index (χ4v) is 2.44. The van der Waals surface area contributed by atoms with E-state index in [1.807, 2.05) is 18.2 Å². The van der Waals surface area contributed by atoms with Crippen LogP contribution >= 0.6 is 0 Å². The highest BCUT2D eigenvalue weighted by atomic mass is 16.5. The second-order valence-electron chi connectivity index (χ2n) is 5.15. The third-order valence-corrected chi connectivity index (χ3v) is 3.63. The highest BCUT2D eigenvalue weighted by molar-refractivity contribution is 5.91. The smallest absolute Gasteiger partial charge is 0.156 e. The molecule has 0 bridgehead atoms. The molecule has 1 aromatic rings. The van der Waals surface area contributed by atoms with Gasteiger partial charge >= 0.3 is 0 Å². The summed E-state index contributed by atoms with van der Waals surface area (Å²) in [4.78, 5) is 7.16. The Kier molecular flexibility index (Phi) is 4.88. The maximum atomic E-state index is 6.08. The van der Waals surface area contributed by atoms with Gasteiger partial charge in [-0.1, -0.05) is 20.3 Å². The van der Waals surface area contributed by atoms with Gasteiger partial charge in [0.05, 0.1) is 0 Å². The average Bonchev–Trinajstić information content (AvgIpc) is 2.47. The first kappa shape index (κ1) is 14.7. The molecule has 2 rings (SSSR count). The molecule has 110 valence electrons. The highest BCUT2D eigenvalue weighted by Crippen LogP contribution is 2.35. The fraction of sp³-hybridized carbons (Fsp3) is 0.562. The maximum Gasteiger partial charge on any atom is 0.156 e. The first-order valence-corrected chi connectivity index (χ1v) is 7.59. The van der Waals surface area contributed by atoms with Crippen molar-refractivity contribution in [2.24, 2.45) is 4.99 Å². The highest BCUT2D eigenvalue weighted by Gasteiger charge is 2.26. The van der Waals surface area contributed by atoms with E-state index in [1.54, 1.807) is 0 Å². The molecule has 1 aliphatic rings. The van der Waals surface area contributed by atoms with Crippen LogP contribution in [0.5, 0.6) is 5.75 Å². The Bertz CT molecular complexity index is 485. The Hall–Kier alpha value is -1.71. The molecule has 1 unspecified atom stereocenters. The van der Waals surface area contributed by atoms with Gasteiger partial charge in [-0.25, -0.2) is 4.99 Å². The minimum Gasteiger partial charge on any atom is -0.480 e. The largest absolute Gasteiger partial charge is 0.480 e. The number of hydrogen-bond donors (Lipinski definition) is 1. The van der Waals surface area contributed by atoms with Crippen molar-refractivity contribution in [1.29, 1.82) is 0 Å². The molecule has 0 amide bonds. The molecule has 0 radical (unpaired) electrons. The molecule has 1 aromatic carbocycles. The van der Waals surface area contributed by atoms with Crippen molar-refractivity contribution in [3.8, 4) is 5.75 Å². The number of hydrogen-bond acceptors (Lipinski definition) is 4. The van der Waals surface area contributed by atoms with Gasteiger partial charge in [-0.2, -0.15) is 0 Å². The van der Waals surface area contributed by atoms with Gasteiger partial charge in [0.1, 0.15) is 17.3 Å². The van der Waals surface area contributed by atoms with Crippen LogP contribution in [0.25, 0.3) is 0 Å². The maximum absolute atomic E-state index is 6.08. The summed E-state index contributed by atoms with van der Waals surface area (Å²) >= 11 is 0. The van der Waals surface area contributed by atoms with Gasteiger partial charge in [-0.15, -0.1) is 0 Å². The van der Waals surface area contributed by atoms with E-state index in [2.05, 4.69) is 25.7 Å². The van der Waals surface area contributed by atoms with Gasteiger partial charge in [0.25, 0.3) is 0 Å². The van der Waals surface area contributed by atoms with Gasteiger partial charge in [-0.05, 0) is 31.9 Å². The van der Waals surface area contributed by atoms with E-state index in [-0.39, 0.29) is 6.10 Å². The number of nitrogens with two attached hydrogens (primary N) is 1. The summed E-state index contributed by atoms with van der Waals surface area (Å²) in [6.45, 7) is 8.51. The molecule has 1 atom stereocenters. The molecule has 0 saturated heterocycles. The molecular weight excluding hydrogens is 250 g/mol. The molecule has 0 spiro atoms. The molecule has 0 aliphatic carbocycles. The Labute approximate surface area is 121 Å². The third kappa shape index (κ3) is 3.06. The zero-order chi connectivity index (χ0) is 14.5. The van der Waals surface area contributed by atoms with Crippen molar-refractivity contribution in [3.63, 3.8) is 0 Å². The van der Waals surface area contributed by atoms with Gasteiger partial charge in [0.15, 0.2) is 6.10 Å². The van der Waals surface area contributed by atoms with Gasteiger partial charge in [-0.3, -0.25) is 0 Å². The number of anilines is 1. The second kappa shape index (κ2) is 6.64. The van der Waals surface area contributed by atoms with Crippen molar-refractivity contribution >= 4 is 17.2 Å². The lowest BCUT2D eigenvalue weighted by molar-refractivity contribution is 0.233. The third-order valence-electron chi connectivity index (χ3n) is 3.63. The average molecular weight is 275 g/mol. The lowest BCUT2D eigenvalue weighted by Gasteiger charge is -2.33. The Balaban J connectivity index is 2.31. The number of fused-ring (bicyclic) bond motifs is 1. The van der Waals surface area contributed by atoms with E-state index >= 15 is 0 Å². The van der Waals surface area contributed by atoms with Crippen LogP contribution in [-0.4, -0.2) is 29.9 Å². The van der Waals surface area contributed by atoms with Crippen LogP contribution in [0.3, 0.4) is 0 Å². The summed E-state index contributed by atoms with van der Waals surface area (Å²) in [7, 11) is 0. The minimum absolute atomic E-state index is 0.0288. The number of benzene rings is 1. The van der Waals surface area contributed by atoms with Crippen LogP contribution in [0.2, 0.25) is 0 Å². The van der Waals surface area contributed by atoms with Crippen LogP contribution in [0.4, 0.5) is 11.4 Å². The molecule has 1 heterocycles. The zero-order valence-corrected chi connectivity index (χ0v) is 12.7. The van der Waals surface area contributed by atoms with E-state index in [0.29, 0.717) is 0 Å². The van der Waals surface area contributed by atoms with Gasteiger partial charge < -0.3 is 15.4 Å². The zero-order valence-electron chi connectivity index (χ0n) is 12.7. The standard InChI is InChI=1S/C16H25N3O/c1-4-7-10-19(6-3)16-14(5-2)20-15-11-12(17)8-9-13(15)18-16/h8-9,11,14H,4-7,10,17H2,1-3H3. The molecule has 4 nitrogen and oxygen atoms in total. The quantitative estimate of drug-likeness (QED) is 0.835. The Morgan fingerprint density at radius 2 is 2.10 bits per heavy atom. The predicted octanol–water partition coefficient (Wildman–Crippen LogP) is 3.59. The summed E-state index contributed by atoms with van der Waals surface area (Å²) in [6, 6.07) is 5.67. The monoisotopic (exact) mass is 275 g/mol. The number of ether oxygens (including phenoxy) is 1. The summed E-state index contributed by atoms with van der Waals surface area (Å²) in [5.41, 5.74) is 7.42. The van der Waals surface area contributed by atoms with Crippen molar-refractivity contribution in [2.45, 2.75) is 46.1 Å².